The van der Waals surface area contributed by atoms with Crippen LogP contribution in [-0.2, 0) is 6.54 Å². The first-order valence-corrected chi connectivity index (χ1v) is 6.84. The van der Waals surface area contributed by atoms with Gasteiger partial charge in [-0.15, -0.1) is 0 Å². The summed E-state index contributed by atoms with van der Waals surface area (Å²) in [5.74, 6) is -0.285. The lowest BCUT2D eigenvalue weighted by Gasteiger charge is -2.10. The molecule has 0 aliphatic carbocycles. The van der Waals surface area contributed by atoms with Gasteiger partial charge < -0.3 is 10.6 Å². The average molecular weight is 292 g/mol. The van der Waals surface area contributed by atoms with Crippen LogP contribution in [0.4, 0.5) is 10.1 Å². The molecule has 2 aromatic rings. The Bertz CT molecular complexity index is 582. The lowest BCUT2D eigenvalue weighted by molar-refractivity contribution is 0.573. The minimum atomic E-state index is -0.285. The van der Waals surface area contributed by atoms with Crippen molar-refractivity contribution in [3.05, 3.63) is 48.0 Å². The van der Waals surface area contributed by atoms with Crippen LogP contribution in [0.2, 0.25) is 0 Å². The summed E-state index contributed by atoms with van der Waals surface area (Å²) in [6.45, 7) is 3.59. The molecule has 0 saturated carbocycles. The first kappa shape index (κ1) is 14.5. The predicted octanol–water partition coefficient (Wildman–Crippen LogP) is 2.71. The van der Waals surface area contributed by atoms with Gasteiger partial charge in [0, 0.05) is 25.0 Å². The van der Waals surface area contributed by atoms with Crippen molar-refractivity contribution in [1.29, 1.82) is 0 Å². The second-order valence-corrected chi connectivity index (χ2v) is 4.93. The van der Waals surface area contributed by atoms with Crippen molar-refractivity contribution < 1.29 is 4.39 Å². The first-order chi connectivity index (χ1) is 9.63. The highest BCUT2D eigenvalue weighted by molar-refractivity contribution is 7.80. The van der Waals surface area contributed by atoms with E-state index < -0.39 is 0 Å². The third-order valence-corrected chi connectivity index (χ3v) is 2.94. The van der Waals surface area contributed by atoms with E-state index in [0.717, 1.165) is 25.1 Å². The van der Waals surface area contributed by atoms with Gasteiger partial charge in [-0.1, -0.05) is 6.07 Å². The van der Waals surface area contributed by atoms with E-state index in [1.807, 2.05) is 24.0 Å². The van der Waals surface area contributed by atoms with Gasteiger partial charge in [-0.05, 0) is 49.3 Å². The molecule has 0 unspecified atom stereocenters. The van der Waals surface area contributed by atoms with Crippen LogP contribution in [0.25, 0.3) is 0 Å². The van der Waals surface area contributed by atoms with Gasteiger partial charge >= 0.3 is 0 Å². The summed E-state index contributed by atoms with van der Waals surface area (Å²) in [6, 6.07) is 6.21. The van der Waals surface area contributed by atoms with Crippen molar-refractivity contribution in [2.24, 2.45) is 0 Å². The summed E-state index contributed by atoms with van der Waals surface area (Å²) in [5, 5.41) is 10.7. The van der Waals surface area contributed by atoms with Crippen LogP contribution in [0, 0.1) is 12.7 Å². The van der Waals surface area contributed by atoms with Crippen molar-refractivity contribution in [2.45, 2.75) is 19.9 Å². The Morgan fingerprint density at radius 2 is 2.30 bits per heavy atom. The number of aromatic nitrogens is 2. The predicted molar refractivity (Wildman–Crippen MR) is 82.2 cm³/mol. The summed E-state index contributed by atoms with van der Waals surface area (Å²) in [4.78, 5) is 0. The lowest BCUT2D eigenvalue weighted by atomic mass is 10.3. The highest BCUT2D eigenvalue weighted by Gasteiger charge is 1.99. The number of thiocarbonyl (C=S) groups is 1. The molecule has 0 amide bonds. The quantitative estimate of drug-likeness (QED) is 0.657. The zero-order valence-corrected chi connectivity index (χ0v) is 12.1. The number of nitrogens with zero attached hydrogens (tertiary/aromatic N) is 2. The van der Waals surface area contributed by atoms with Crippen LogP contribution >= 0.6 is 12.2 Å². The molecular weight excluding hydrogens is 275 g/mol. The maximum atomic E-state index is 13.0. The Kier molecular flexibility index (Phi) is 5.06. The van der Waals surface area contributed by atoms with E-state index in [1.165, 1.54) is 12.1 Å². The molecular formula is C14H17FN4S. The van der Waals surface area contributed by atoms with Crippen molar-refractivity contribution in [2.75, 3.05) is 11.9 Å². The van der Waals surface area contributed by atoms with Crippen LogP contribution in [0.15, 0.2) is 36.7 Å². The number of halogens is 1. The molecule has 0 bridgehead atoms. The van der Waals surface area contributed by atoms with E-state index in [0.29, 0.717) is 10.8 Å². The maximum absolute atomic E-state index is 13.0. The Balaban J connectivity index is 1.67. The number of hydrogen-bond donors (Lipinski definition) is 2. The number of anilines is 1. The summed E-state index contributed by atoms with van der Waals surface area (Å²) >= 11 is 5.15. The SMILES string of the molecule is Cc1cnn(CCCNC(=S)Nc2cccc(F)c2)c1. The summed E-state index contributed by atoms with van der Waals surface area (Å²) < 4.78 is 14.9. The van der Waals surface area contributed by atoms with Crippen LogP contribution < -0.4 is 10.6 Å². The van der Waals surface area contributed by atoms with Crippen molar-refractivity contribution >= 4 is 23.0 Å². The Labute approximate surface area is 123 Å². The van der Waals surface area contributed by atoms with Crippen LogP contribution in [0.1, 0.15) is 12.0 Å². The van der Waals surface area contributed by atoms with Gasteiger partial charge in [0.05, 0.1) is 6.20 Å². The lowest BCUT2D eigenvalue weighted by Crippen LogP contribution is -2.29. The Hall–Kier alpha value is -1.95. The van der Waals surface area contributed by atoms with Gasteiger partial charge in [0.2, 0.25) is 0 Å². The molecule has 1 heterocycles. The van der Waals surface area contributed by atoms with Gasteiger partial charge in [-0.25, -0.2) is 4.39 Å². The molecule has 2 N–H and O–H groups in total. The molecule has 0 atom stereocenters. The van der Waals surface area contributed by atoms with Gasteiger partial charge in [0.25, 0.3) is 0 Å². The molecule has 0 spiro atoms. The third kappa shape index (κ3) is 4.62. The van der Waals surface area contributed by atoms with Crippen molar-refractivity contribution in [3.63, 3.8) is 0 Å². The topological polar surface area (TPSA) is 41.9 Å². The molecule has 0 aliphatic rings. The standard InChI is InChI=1S/C14H17FN4S/c1-11-9-17-19(10-11)7-3-6-16-14(20)18-13-5-2-4-12(15)8-13/h2,4-5,8-10H,3,6-7H2,1H3,(H2,16,18,20). The second-order valence-electron chi connectivity index (χ2n) is 4.53. The van der Waals surface area contributed by atoms with E-state index in [4.69, 9.17) is 12.2 Å². The van der Waals surface area contributed by atoms with Crippen molar-refractivity contribution in [1.82, 2.24) is 15.1 Å². The molecule has 0 fully saturated rings. The molecule has 20 heavy (non-hydrogen) atoms. The molecule has 6 heteroatoms. The monoisotopic (exact) mass is 292 g/mol. The zero-order valence-electron chi connectivity index (χ0n) is 11.3. The minimum Gasteiger partial charge on any atom is -0.362 e. The number of benzene rings is 1. The fourth-order valence-electron chi connectivity index (χ4n) is 1.77. The fraction of sp³-hybridized carbons (Fsp3) is 0.286. The van der Waals surface area contributed by atoms with Crippen molar-refractivity contribution in [3.8, 4) is 0 Å². The number of rotatable bonds is 5. The number of nitrogens with one attached hydrogen (secondary N) is 2. The minimum absolute atomic E-state index is 0.285. The molecule has 4 nitrogen and oxygen atoms in total. The molecule has 2 rings (SSSR count). The molecule has 1 aromatic heterocycles. The highest BCUT2D eigenvalue weighted by Crippen LogP contribution is 2.08. The van der Waals surface area contributed by atoms with Gasteiger partial charge in [-0.2, -0.15) is 5.10 Å². The highest BCUT2D eigenvalue weighted by atomic mass is 32.1. The average Bonchev–Trinajstić information content (AvgIpc) is 2.80. The van der Waals surface area contributed by atoms with Crippen LogP contribution in [0.3, 0.4) is 0 Å². The summed E-state index contributed by atoms with van der Waals surface area (Å²) in [6.07, 6.45) is 4.75. The Morgan fingerprint density at radius 1 is 1.45 bits per heavy atom. The third-order valence-electron chi connectivity index (χ3n) is 2.69. The van der Waals surface area contributed by atoms with Crippen LogP contribution in [-0.4, -0.2) is 21.4 Å². The zero-order chi connectivity index (χ0) is 14.4. The van der Waals surface area contributed by atoms with E-state index in [1.54, 1.807) is 12.1 Å². The molecule has 0 saturated heterocycles. The molecule has 0 aliphatic heterocycles. The number of hydrogen-bond acceptors (Lipinski definition) is 2. The summed E-state index contributed by atoms with van der Waals surface area (Å²) in [5.41, 5.74) is 1.80. The molecule has 106 valence electrons. The number of aryl methyl sites for hydroxylation is 2. The van der Waals surface area contributed by atoms with E-state index >= 15 is 0 Å². The second kappa shape index (κ2) is 7.00. The van der Waals surface area contributed by atoms with Gasteiger partial charge in [0.15, 0.2) is 5.11 Å². The first-order valence-electron chi connectivity index (χ1n) is 6.43. The normalized spacial score (nSPS) is 10.3. The van der Waals surface area contributed by atoms with Gasteiger partial charge in [0.1, 0.15) is 5.82 Å². The largest absolute Gasteiger partial charge is 0.362 e. The fourth-order valence-corrected chi connectivity index (χ4v) is 1.99. The van der Waals surface area contributed by atoms with Crippen LogP contribution in [0.5, 0.6) is 0 Å². The van der Waals surface area contributed by atoms with E-state index in [2.05, 4.69) is 15.7 Å². The smallest absolute Gasteiger partial charge is 0.170 e. The van der Waals surface area contributed by atoms with E-state index in [9.17, 15) is 4.39 Å². The molecule has 0 radical (unpaired) electrons. The van der Waals surface area contributed by atoms with Gasteiger partial charge in [-0.3, -0.25) is 4.68 Å². The maximum Gasteiger partial charge on any atom is 0.170 e. The van der Waals surface area contributed by atoms with E-state index in [-0.39, 0.29) is 5.82 Å². The molecule has 1 aromatic carbocycles. The summed E-state index contributed by atoms with van der Waals surface area (Å²) in [7, 11) is 0. The Morgan fingerprint density at radius 3 is 3.00 bits per heavy atom.